The zero-order chi connectivity index (χ0) is 17.9. The third kappa shape index (κ3) is 3.42. The summed E-state index contributed by atoms with van der Waals surface area (Å²) in [7, 11) is 0. The number of pyridine rings is 1. The van der Waals surface area contributed by atoms with Gasteiger partial charge in [-0.1, -0.05) is 6.07 Å². The largest absolute Gasteiger partial charge is 0.438 e. The van der Waals surface area contributed by atoms with Crippen LogP contribution < -0.4 is 5.32 Å². The van der Waals surface area contributed by atoms with E-state index in [1.807, 2.05) is 24.3 Å². The molecule has 2 aromatic heterocycles. The van der Waals surface area contributed by atoms with Crippen LogP contribution in [0.2, 0.25) is 0 Å². The molecule has 1 fully saturated rings. The lowest BCUT2D eigenvalue weighted by Crippen LogP contribution is -2.39. The molecule has 1 N–H and O–H groups in total. The second kappa shape index (κ2) is 6.95. The van der Waals surface area contributed by atoms with Gasteiger partial charge in [-0.15, -0.1) is 0 Å². The van der Waals surface area contributed by atoms with Crippen LogP contribution >= 0.6 is 0 Å². The molecule has 0 spiro atoms. The van der Waals surface area contributed by atoms with Crippen molar-refractivity contribution in [3.63, 3.8) is 0 Å². The Morgan fingerprint density at radius 1 is 1.27 bits per heavy atom. The molecular formula is C19H18N4O3. The minimum absolute atomic E-state index is 0.168. The Labute approximate surface area is 150 Å². The van der Waals surface area contributed by atoms with Crippen molar-refractivity contribution in [1.29, 1.82) is 0 Å². The fourth-order valence-corrected chi connectivity index (χ4v) is 2.91. The first kappa shape index (κ1) is 16.3. The molecule has 132 valence electrons. The lowest BCUT2D eigenvalue weighted by Gasteiger charge is -2.21. The van der Waals surface area contributed by atoms with Crippen LogP contribution in [-0.4, -0.2) is 45.8 Å². The molecule has 0 unspecified atom stereocenters. The zero-order valence-electron chi connectivity index (χ0n) is 14.1. The fourth-order valence-electron chi connectivity index (χ4n) is 2.91. The molecule has 2 heterocycles. The number of benzene rings is 1. The number of hydrogen-bond donors (Lipinski definition) is 1. The molecule has 0 radical (unpaired) electrons. The van der Waals surface area contributed by atoms with Crippen LogP contribution in [0, 0.1) is 0 Å². The number of carbonyl (C=O) groups excluding carboxylic acids is 2. The highest BCUT2D eigenvalue weighted by atomic mass is 16.3. The van der Waals surface area contributed by atoms with Gasteiger partial charge in [-0.3, -0.25) is 14.6 Å². The van der Waals surface area contributed by atoms with E-state index in [1.165, 1.54) is 12.6 Å². The number of oxazole rings is 1. The van der Waals surface area contributed by atoms with Gasteiger partial charge in [0.1, 0.15) is 0 Å². The predicted octanol–water partition coefficient (Wildman–Crippen LogP) is 2.26. The first-order chi connectivity index (χ1) is 12.7. The predicted molar refractivity (Wildman–Crippen MR) is 94.6 cm³/mol. The molecule has 1 saturated carbocycles. The van der Waals surface area contributed by atoms with Gasteiger partial charge >= 0.3 is 0 Å². The molecule has 1 aliphatic carbocycles. The van der Waals surface area contributed by atoms with Crippen LogP contribution in [0.25, 0.3) is 10.9 Å². The molecule has 2 amide bonds. The lowest BCUT2D eigenvalue weighted by atomic mass is 10.1. The van der Waals surface area contributed by atoms with Crippen LogP contribution in [0.1, 0.15) is 33.8 Å². The summed E-state index contributed by atoms with van der Waals surface area (Å²) in [5.74, 6) is -0.125. The standard InChI is InChI=1S/C19H18N4O3/c24-18(14-3-6-16-13(10-14)2-1-7-21-16)22-8-9-23(15-4-5-15)19(25)17-11-20-12-26-17/h1-3,6-7,10-12,15H,4-5,8-9H2,(H,22,24). The molecule has 7 nitrogen and oxygen atoms in total. The van der Waals surface area contributed by atoms with E-state index in [1.54, 1.807) is 17.2 Å². The van der Waals surface area contributed by atoms with Crippen molar-refractivity contribution in [2.24, 2.45) is 0 Å². The summed E-state index contributed by atoms with van der Waals surface area (Å²) in [6, 6.07) is 9.38. The summed E-state index contributed by atoms with van der Waals surface area (Å²) in [5.41, 5.74) is 1.42. The average molecular weight is 350 g/mol. The highest BCUT2D eigenvalue weighted by Crippen LogP contribution is 2.27. The number of fused-ring (bicyclic) bond motifs is 1. The van der Waals surface area contributed by atoms with Gasteiger partial charge in [-0.25, -0.2) is 4.98 Å². The molecule has 0 bridgehead atoms. The maximum absolute atomic E-state index is 12.5. The van der Waals surface area contributed by atoms with E-state index in [-0.39, 0.29) is 23.6 Å². The van der Waals surface area contributed by atoms with Gasteiger partial charge in [0, 0.05) is 36.3 Å². The molecule has 0 atom stereocenters. The Morgan fingerprint density at radius 3 is 2.92 bits per heavy atom. The van der Waals surface area contributed by atoms with Crippen molar-refractivity contribution in [3.05, 3.63) is 60.4 Å². The van der Waals surface area contributed by atoms with Crippen LogP contribution in [0.15, 0.2) is 53.5 Å². The second-order valence-corrected chi connectivity index (χ2v) is 6.26. The third-order valence-corrected chi connectivity index (χ3v) is 4.40. The highest BCUT2D eigenvalue weighted by Gasteiger charge is 2.34. The number of carbonyl (C=O) groups is 2. The van der Waals surface area contributed by atoms with Crippen molar-refractivity contribution >= 4 is 22.7 Å². The van der Waals surface area contributed by atoms with Crippen molar-refractivity contribution in [2.45, 2.75) is 18.9 Å². The average Bonchev–Trinajstić information content (AvgIpc) is 3.36. The van der Waals surface area contributed by atoms with Gasteiger partial charge in [0.15, 0.2) is 6.39 Å². The molecular weight excluding hydrogens is 332 g/mol. The van der Waals surface area contributed by atoms with E-state index in [2.05, 4.69) is 15.3 Å². The van der Waals surface area contributed by atoms with Crippen LogP contribution in [0.5, 0.6) is 0 Å². The number of rotatable bonds is 6. The van der Waals surface area contributed by atoms with E-state index in [4.69, 9.17) is 4.42 Å². The van der Waals surface area contributed by atoms with E-state index >= 15 is 0 Å². The lowest BCUT2D eigenvalue weighted by molar-refractivity contribution is 0.0705. The summed E-state index contributed by atoms with van der Waals surface area (Å²) in [6.07, 6.45) is 6.34. The normalized spacial score (nSPS) is 13.5. The van der Waals surface area contributed by atoms with Gasteiger partial charge in [0.2, 0.25) is 5.76 Å². The van der Waals surface area contributed by atoms with Gasteiger partial charge in [-0.2, -0.15) is 0 Å². The van der Waals surface area contributed by atoms with E-state index in [0.717, 1.165) is 23.7 Å². The van der Waals surface area contributed by atoms with Gasteiger partial charge in [0.25, 0.3) is 11.8 Å². The topological polar surface area (TPSA) is 88.3 Å². The summed E-state index contributed by atoms with van der Waals surface area (Å²) >= 11 is 0. The Balaban J connectivity index is 1.38. The summed E-state index contributed by atoms with van der Waals surface area (Å²) in [6.45, 7) is 0.811. The van der Waals surface area contributed by atoms with E-state index in [9.17, 15) is 9.59 Å². The van der Waals surface area contributed by atoms with Gasteiger partial charge in [0.05, 0.1) is 11.7 Å². The number of amides is 2. The fraction of sp³-hybridized carbons (Fsp3) is 0.263. The van der Waals surface area contributed by atoms with Crippen molar-refractivity contribution in [1.82, 2.24) is 20.2 Å². The summed E-state index contributed by atoms with van der Waals surface area (Å²) in [4.78, 5) is 34.6. The minimum atomic E-state index is -0.184. The first-order valence-electron chi connectivity index (χ1n) is 8.55. The monoisotopic (exact) mass is 350 g/mol. The number of nitrogens with zero attached hydrogens (tertiary/aromatic N) is 3. The smallest absolute Gasteiger partial charge is 0.291 e. The molecule has 1 aliphatic rings. The first-order valence-corrected chi connectivity index (χ1v) is 8.55. The Hall–Kier alpha value is -3.22. The quantitative estimate of drug-likeness (QED) is 0.737. The van der Waals surface area contributed by atoms with Crippen LogP contribution in [0.3, 0.4) is 0 Å². The van der Waals surface area contributed by atoms with Gasteiger partial charge < -0.3 is 14.6 Å². The van der Waals surface area contributed by atoms with Gasteiger partial charge in [-0.05, 0) is 37.1 Å². The van der Waals surface area contributed by atoms with Crippen molar-refractivity contribution in [3.8, 4) is 0 Å². The third-order valence-electron chi connectivity index (χ3n) is 4.40. The Kier molecular flexibility index (Phi) is 4.35. The summed E-state index contributed by atoms with van der Waals surface area (Å²) in [5, 5.41) is 3.79. The Morgan fingerprint density at radius 2 is 2.15 bits per heavy atom. The minimum Gasteiger partial charge on any atom is -0.438 e. The molecule has 4 rings (SSSR count). The second-order valence-electron chi connectivity index (χ2n) is 6.26. The van der Waals surface area contributed by atoms with E-state index < -0.39 is 0 Å². The van der Waals surface area contributed by atoms with Crippen molar-refractivity contribution in [2.75, 3.05) is 13.1 Å². The van der Waals surface area contributed by atoms with Crippen LogP contribution in [-0.2, 0) is 0 Å². The maximum Gasteiger partial charge on any atom is 0.291 e. The van der Waals surface area contributed by atoms with Crippen LogP contribution in [0.4, 0.5) is 0 Å². The molecule has 26 heavy (non-hydrogen) atoms. The number of hydrogen-bond acceptors (Lipinski definition) is 5. The highest BCUT2D eigenvalue weighted by molar-refractivity contribution is 5.98. The molecule has 0 saturated heterocycles. The number of aromatic nitrogens is 2. The van der Waals surface area contributed by atoms with Crippen molar-refractivity contribution < 1.29 is 14.0 Å². The molecule has 1 aromatic carbocycles. The molecule has 7 heteroatoms. The summed E-state index contributed by atoms with van der Waals surface area (Å²) < 4.78 is 5.10. The molecule has 0 aliphatic heterocycles. The Bertz CT molecular complexity index is 935. The number of nitrogens with one attached hydrogen (secondary N) is 1. The van der Waals surface area contributed by atoms with E-state index in [0.29, 0.717) is 18.7 Å². The zero-order valence-corrected chi connectivity index (χ0v) is 14.1. The maximum atomic E-state index is 12.5. The molecule has 3 aromatic rings. The SMILES string of the molecule is O=C(NCCN(C(=O)c1cnco1)C1CC1)c1ccc2ncccc2c1.